The summed E-state index contributed by atoms with van der Waals surface area (Å²) in [6.07, 6.45) is 2.24. The molecule has 0 amide bonds. The van der Waals surface area contributed by atoms with Crippen molar-refractivity contribution in [3.05, 3.63) is 30.1 Å². The summed E-state index contributed by atoms with van der Waals surface area (Å²) in [4.78, 5) is 2.10. The van der Waals surface area contributed by atoms with E-state index in [1.54, 1.807) is 12.1 Å². The predicted octanol–water partition coefficient (Wildman–Crippen LogP) is 3.43. The first-order chi connectivity index (χ1) is 8.38. The van der Waals surface area contributed by atoms with E-state index >= 15 is 0 Å². The van der Waals surface area contributed by atoms with Crippen LogP contribution >= 0.6 is 0 Å². The number of anilines is 1. The zero-order valence-electron chi connectivity index (χ0n) is 12.0. The van der Waals surface area contributed by atoms with Crippen molar-refractivity contribution < 1.29 is 4.39 Å². The van der Waals surface area contributed by atoms with Gasteiger partial charge in [0.2, 0.25) is 0 Å². The van der Waals surface area contributed by atoms with Gasteiger partial charge in [0.15, 0.2) is 0 Å². The number of hydrogen-bond acceptors (Lipinski definition) is 2. The fourth-order valence-corrected chi connectivity index (χ4v) is 1.78. The molecule has 2 nitrogen and oxygen atoms in total. The van der Waals surface area contributed by atoms with Gasteiger partial charge in [-0.1, -0.05) is 6.07 Å². The van der Waals surface area contributed by atoms with Crippen LogP contribution in [-0.2, 0) is 0 Å². The number of nitrogens with zero attached hydrogens (tertiary/aromatic N) is 1. The van der Waals surface area contributed by atoms with E-state index in [-0.39, 0.29) is 11.4 Å². The van der Waals surface area contributed by atoms with E-state index in [1.165, 1.54) is 6.07 Å². The van der Waals surface area contributed by atoms with Crippen molar-refractivity contribution in [3.63, 3.8) is 0 Å². The van der Waals surface area contributed by atoms with Crippen LogP contribution in [-0.4, -0.2) is 25.7 Å². The van der Waals surface area contributed by atoms with Gasteiger partial charge < -0.3 is 10.2 Å². The fourth-order valence-electron chi connectivity index (χ4n) is 1.78. The van der Waals surface area contributed by atoms with E-state index in [2.05, 4.69) is 31.0 Å². The van der Waals surface area contributed by atoms with Crippen LogP contribution in [0.25, 0.3) is 0 Å². The molecule has 0 bridgehead atoms. The lowest BCUT2D eigenvalue weighted by Crippen LogP contribution is -2.36. The smallest absolute Gasteiger partial charge is 0.125 e. The van der Waals surface area contributed by atoms with Gasteiger partial charge in [-0.2, -0.15) is 0 Å². The van der Waals surface area contributed by atoms with Crippen molar-refractivity contribution in [1.29, 1.82) is 0 Å². The standard InChI is InChI=1S/C15H25FN2/c1-15(2,3)17-10-5-6-11-18(4)14-9-7-8-13(16)12-14/h7-9,12,17H,5-6,10-11H2,1-4H3. The number of nitrogens with one attached hydrogen (secondary N) is 1. The van der Waals surface area contributed by atoms with E-state index < -0.39 is 0 Å². The maximum atomic E-state index is 13.1. The molecule has 0 unspecified atom stereocenters. The van der Waals surface area contributed by atoms with Crippen LogP contribution < -0.4 is 10.2 Å². The van der Waals surface area contributed by atoms with Gasteiger partial charge in [-0.25, -0.2) is 4.39 Å². The molecular weight excluding hydrogens is 227 g/mol. The predicted molar refractivity (Wildman–Crippen MR) is 76.7 cm³/mol. The Morgan fingerprint density at radius 3 is 2.56 bits per heavy atom. The lowest BCUT2D eigenvalue weighted by Gasteiger charge is -2.22. The Hall–Kier alpha value is -1.09. The Morgan fingerprint density at radius 2 is 1.94 bits per heavy atom. The summed E-state index contributed by atoms with van der Waals surface area (Å²) in [6.45, 7) is 8.50. The van der Waals surface area contributed by atoms with Gasteiger partial charge in [0, 0.05) is 24.8 Å². The molecule has 0 radical (unpaired) electrons. The Bertz CT molecular complexity index is 358. The van der Waals surface area contributed by atoms with Gasteiger partial charge >= 0.3 is 0 Å². The van der Waals surface area contributed by atoms with Gasteiger partial charge in [0.25, 0.3) is 0 Å². The average molecular weight is 252 g/mol. The highest BCUT2D eigenvalue weighted by Crippen LogP contribution is 2.14. The third-order valence-electron chi connectivity index (χ3n) is 2.82. The van der Waals surface area contributed by atoms with Crippen molar-refractivity contribution in [2.24, 2.45) is 0 Å². The molecule has 0 aromatic heterocycles. The largest absolute Gasteiger partial charge is 0.375 e. The first-order valence-electron chi connectivity index (χ1n) is 6.60. The molecule has 18 heavy (non-hydrogen) atoms. The van der Waals surface area contributed by atoms with Crippen LogP contribution in [0.2, 0.25) is 0 Å². The second-order valence-corrected chi connectivity index (χ2v) is 5.79. The molecule has 0 spiro atoms. The van der Waals surface area contributed by atoms with Crippen LogP contribution in [0.5, 0.6) is 0 Å². The van der Waals surface area contributed by atoms with Gasteiger partial charge in [0.1, 0.15) is 5.82 Å². The van der Waals surface area contributed by atoms with Gasteiger partial charge in [-0.05, 0) is 58.4 Å². The molecule has 0 saturated carbocycles. The third kappa shape index (κ3) is 6.01. The minimum atomic E-state index is -0.172. The van der Waals surface area contributed by atoms with Crippen molar-refractivity contribution in [3.8, 4) is 0 Å². The molecule has 0 atom stereocenters. The first kappa shape index (κ1) is 15.0. The molecule has 0 aliphatic carbocycles. The molecule has 0 heterocycles. The molecule has 1 aromatic rings. The second-order valence-electron chi connectivity index (χ2n) is 5.79. The van der Waals surface area contributed by atoms with Crippen molar-refractivity contribution in [2.45, 2.75) is 39.2 Å². The SMILES string of the molecule is CN(CCCCNC(C)(C)C)c1cccc(F)c1. The molecule has 1 N–H and O–H groups in total. The summed E-state index contributed by atoms with van der Waals surface area (Å²) in [7, 11) is 2.01. The highest BCUT2D eigenvalue weighted by Gasteiger charge is 2.07. The minimum absolute atomic E-state index is 0.172. The number of benzene rings is 1. The minimum Gasteiger partial charge on any atom is -0.375 e. The molecule has 1 rings (SSSR count). The van der Waals surface area contributed by atoms with Crippen LogP contribution in [0.15, 0.2) is 24.3 Å². The molecule has 0 fully saturated rings. The number of rotatable bonds is 6. The Balaban J connectivity index is 2.23. The Kier molecular flexibility index (Phi) is 5.60. The molecule has 0 aliphatic rings. The lowest BCUT2D eigenvalue weighted by molar-refractivity contribution is 0.419. The maximum absolute atomic E-state index is 13.1. The third-order valence-corrected chi connectivity index (χ3v) is 2.82. The van der Waals surface area contributed by atoms with Crippen LogP contribution in [0.1, 0.15) is 33.6 Å². The van der Waals surface area contributed by atoms with Crippen LogP contribution in [0, 0.1) is 5.82 Å². The van der Waals surface area contributed by atoms with Gasteiger partial charge in [-0.3, -0.25) is 0 Å². The van der Waals surface area contributed by atoms with E-state index in [0.29, 0.717) is 0 Å². The zero-order chi connectivity index (χ0) is 13.6. The number of hydrogen-bond donors (Lipinski definition) is 1. The van der Waals surface area contributed by atoms with Crippen molar-refractivity contribution in [1.82, 2.24) is 5.32 Å². The quantitative estimate of drug-likeness (QED) is 0.780. The number of unbranched alkanes of at least 4 members (excludes halogenated alkanes) is 1. The highest BCUT2D eigenvalue weighted by atomic mass is 19.1. The summed E-state index contributed by atoms with van der Waals surface area (Å²) in [5.41, 5.74) is 1.13. The Morgan fingerprint density at radius 1 is 1.22 bits per heavy atom. The molecule has 1 aromatic carbocycles. The topological polar surface area (TPSA) is 15.3 Å². The molecule has 102 valence electrons. The summed E-state index contributed by atoms with van der Waals surface area (Å²) in [6, 6.07) is 6.75. The van der Waals surface area contributed by atoms with Crippen LogP contribution in [0.3, 0.4) is 0 Å². The van der Waals surface area contributed by atoms with Crippen LogP contribution in [0.4, 0.5) is 10.1 Å². The first-order valence-corrected chi connectivity index (χ1v) is 6.60. The van der Waals surface area contributed by atoms with E-state index in [4.69, 9.17) is 0 Å². The molecule has 0 saturated heterocycles. The maximum Gasteiger partial charge on any atom is 0.125 e. The van der Waals surface area contributed by atoms with Crippen molar-refractivity contribution >= 4 is 5.69 Å². The zero-order valence-corrected chi connectivity index (χ0v) is 12.0. The average Bonchev–Trinajstić information content (AvgIpc) is 2.26. The normalized spacial score (nSPS) is 11.6. The summed E-state index contributed by atoms with van der Waals surface area (Å²) < 4.78 is 13.1. The van der Waals surface area contributed by atoms with Gasteiger partial charge in [0.05, 0.1) is 0 Å². The molecule has 3 heteroatoms. The summed E-state index contributed by atoms with van der Waals surface area (Å²) in [5.74, 6) is -0.172. The second kappa shape index (κ2) is 6.74. The van der Waals surface area contributed by atoms with E-state index in [0.717, 1.165) is 31.6 Å². The summed E-state index contributed by atoms with van der Waals surface area (Å²) >= 11 is 0. The van der Waals surface area contributed by atoms with E-state index in [9.17, 15) is 4.39 Å². The summed E-state index contributed by atoms with van der Waals surface area (Å²) in [5, 5.41) is 3.47. The fraction of sp³-hybridized carbons (Fsp3) is 0.600. The van der Waals surface area contributed by atoms with Crippen molar-refractivity contribution in [2.75, 3.05) is 25.0 Å². The Labute approximate surface area is 110 Å². The van der Waals surface area contributed by atoms with E-state index in [1.807, 2.05) is 13.1 Å². The molecular formula is C15H25FN2. The highest BCUT2D eigenvalue weighted by molar-refractivity contribution is 5.45. The van der Waals surface area contributed by atoms with Gasteiger partial charge in [-0.15, -0.1) is 0 Å². The molecule has 0 aliphatic heterocycles. The number of halogens is 1. The lowest BCUT2D eigenvalue weighted by atomic mass is 10.1. The monoisotopic (exact) mass is 252 g/mol.